The van der Waals surface area contributed by atoms with Gasteiger partial charge in [-0.25, -0.2) is 4.68 Å². The fourth-order valence-corrected chi connectivity index (χ4v) is 2.17. The smallest absolute Gasteiger partial charge is 0.251 e. The molecule has 0 radical (unpaired) electrons. The molecule has 1 aromatic heterocycles. The first-order valence-electron chi connectivity index (χ1n) is 6.99. The van der Waals surface area contributed by atoms with Crippen molar-refractivity contribution in [1.82, 2.24) is 20.3 Å². The number of aromatic nitrogens is 3. The number of carbonyl (C=O) groups excluding carboxylic acids is 1. The molecule has 2 rings (SSSR count). The zero-order valence-electron chi connectivity index (χ0n) is 12.2. The normalized spacial score (nSPS) is 13.7. The van der Waals surface area contributed by atoms with E-state index in [4.69, 9.17) is 0 Å². The quantitative estimate of drug-likeness (QED) is 0.842. The number of hydrogen-bond donors (Lipinski definition) is 2. The van der Waals surface area contributed by atoms with E-state index in [2.05, 4.69) is 15.6 Å². The van der Waals surface area contributed by atoms with Gasteiger partial charge in [-0.05, 0) is 37.5 Å². The van der Waals surface area contributed by atoms with E-state index in [9.17, 15) is 9.90 Å². The summed E-state index contributed by atoms with van der Waals surface area (Å²) in [5, 5.41) is 19.8. The maximum absolute atomic E-state index is 12.1. The van der Waals surface area contributed by atoms with Crippen LogP contribution in [0.3, 0.4) is 0 Å². The lowest BCUT2D eigenvalue weighted by Crippen LogP contribution is -2.29. The number of aliphatic hydroxyl groups excluding tert-OH is 1. The van der Waals surface area contributed by atoms with Crippen molar-refractivity contribution in [2.45, 2.75) is 26.4 Å². The van der Waals surface area contributed by atoms with Gasteiger partial charge >= 0.3 is 0 Å². The van der Waals surface area contributed by atoms with Gasteiger partial charge in [0.2, 0.25) is 0 Å². The molecule has 1 heterocycles. The summed E-state index contributed by atoms with van der Waals surface area (Å²) in [5.74, 6) is 0.0989. The Morgan fingerprint density at radius 2 is 2.24 bits per heavy atom. The average molecular weight is 288 g/mol. The Morgan fingerprint density at radius 1 is 1.43 bits per heavy atom. The molecule has 1 amide bonds. The van der Waals surface area contributed by atoms with E-state index in [-0.39, 0.29) is 17.9 Å². The van der Waals surface area contributed by atoms with Crippen molar-refractivity contribution >= 4 is 5.91 Å². The number of benzene rings is 1. The molecular weight excluding hydrogens is 268 g/mol. The molecule has 0 fully saturated rings. The van der Waals surface area contributed by atoms with Crippen LogP contribution in [-0.4, -0.2) is 38.7 Å². The molecule has 2 unspecified atom stereocenters. The van der Waals surface area contributed by atoms with Gasteiger partial charge < -0.3 is 10.4 Å². The summed E-state index contributed by atoms with van der Waals surface area (Å²) in [6, 6.07) is 7.20. The predicted molar refractivity (Wildman–Crippen MR) is 79.2 cm³/mol. The number of rotatable bonds is 6. The lowest BCUT2D eigenvalue weighted by Gasteiger charge is -2.14. The molecule has 0 saturated carbocycles. The van der Waals surface area contributed by atoms with Crippen LogP contribution in [-0.2, 0) is 0 Å². The lowest BCUT2D eigenvalue weighted by molar-refractivity contribution is 0.0939. The number of amides is 1. The minimum atomic E-state index is -0.354. The van der Waals surface area contributed by atoms with Crippen molar-refractivity contribution < 1.29 is 9.90 Å². The SMILES string of the molecule is CC(O)CC(C)CNC(=O)c1cccc(-n2ccnn2)c1. The first-order chi connectivity index (χ1) is 10.1. The van der Waals surface area contributed by atoms with Gasteiger partial charge in [-0.3, -0.25) is 4.79 Å². The molecule has 0 aliphatic rings. The molecule has 6 nitrogen and oxygen atoms in total. The van der Waals surface area contributed by atoms with Crippen LogP contribution >= 0.6 is 0 Å². The Hall–Kier alpha value is -2.21. The zero-order chi connectivity index (χ0) is 15.2. The Morgan fingerprint density at radius 3 is 2.90 bits per heavy atom. The van der Waals surface area contributed by atoms with Gasteiger partial charge in [-0.1, -0.05) is 18.2 Å². The third-order valence-corrected chi connectivity index (χ3v) is 3.15. The van der Waals surface area contributed by atoms with Crippen molar-refractivity contribution in [1.29, 1.82) is 0 Å². The standard InChI is InChI=1S/C15H20N4O2/c1-11(8-12(2)20)10-16-15(21)13-4-3-5-14(9-13)19-7-6-17-18-19/h3-7,9,11-12,20H,8,10H2,1-2H3,(H,16,21). The second kappa shape index (κ2) is 6.99. The first kappa shape index (κ1) is 15.2. The molecule has 0 bridgehead atoms. The molecule has 2 N–H and O–H groups in total. The molecule has 0 aliphatic heterocycles. The van der Waals surface area contributed by atoms with Crippen LogP contribution in [0.4, 0.5) is 0 Å². The third kappa shape index (κ3) is 4.39. The summed E-state index contributed by atoms with van der Waals surface area (Å²) in [5.41, 5.74) is 1.37. The summed E-state index contributed by atoms with van der Waals surface area (Å²) in [4.78, 5) is 12.1. The molecule has 1 aromatic carbocycles. The highest BCUT2D eigenvalue weighted by Crippen LogP contribution is 2.10. The number of nitrogens with zero attached hydrogens (tertiary/aromatic N) is 3. The van der Waals surface area contributed by atoms with E-state index in [1.807, 2.05) is 19.1 Å². The Labute approximate surface area is 123 Å². The van der Waals surface area contributed by atoms with E-state index in [1.54, 1.807) is 36.1 Å². The van der Waals surface area contributed by atoms with Gasteiger partial charge in [-0.2, -0.15) is 0 Å². The van der Waals surface area contributed by atoms with Crippen molar-refractivity contribution in [3.8, 4) is 5.69 Å². The summed E-state index contributed by atoms with van der Waals surface area (Å²) in [6.07, 6.45) is 3.62. The van der Waals surface area contributed by atoms with Crippen LogP contribution in [0.25, 0.3) is 5.69 Å². The highest BCUT2D eigenvalue weighted by Gasteiger charge is 2.10. The van der Waals surface area contributed by atoms with Gasteiger partial charge in [-0.15, -0.1) is 5.10 Å². The highest BCUT2D eigenvalue weighted by atomic mass is 16.3. The Bertz CT molecular complexity index is 581. The summed E-state index contributed by atoms with van der Waals surface area (Å²) < 4.78 is 1.60. The lowest BCUT2D eigenvalue weighted by atomic mass is 10.0. The fourth-order valence-electron chi connectivity index (χ4n) is 2.17. The summed E-state index contributed by atoms with van der Waals surface area (Å²) >= 11 is 0. The number of nitrogens with one attached hydrogen (secondary N) is 1. The minimum absolute atomic E-state index is 0.130. The summed E-state index contributed by atoms with van der Waals surface area (Å²) in [7, 11) is 0. The van der Waals surface area contributed by atoms with E-state index in [0.29, 0.717) is 18.5 Å². The number of carbonyl (C=O) groups is 1. The van der Waals surface area contributed by atoms with E-state index in [0.717, 1.165) is 5.69 Å². The molecule has 6 heteroatoms. The molecule has 2 aromatic rings. The van der Waals surface area contributed by atoms with Gasteiger partial charge in [0.25, 0.3) is 5.91 Å². The third-order valence-electron chi connectivity index (χ3n) is 3.15. The molecule has 2 atom stereocenters. The average Bonchev–Trinajstić information content (AvgIpc) is 2.98. The molecule has 21 heavy (non-hydrogen) atoms. The van der Waals surface area contributed by atoms with Gasteiger partial charge in [0.15, 0.2) is 0 Å². The topological polar surface area (TPSA) is 80.0 Å². The van der Waals surface area contributed by atoms with E-state index in [1.165, 1.54) is 0 Å². The molecule has 0 spiro atoms. The van der Waals surface area contributed by atoms with Crippen LogP contribution in [0.5, 0.6) is 0 Å². The van der Waals surface area contributed by atoms with E-state index < -0.39 is 0 Å². The number of aliphatic hydroxyl groups is 1. The first-order valence-corrected chi connectivity index (χ1v) is 6.99. The van der Waals surface area contributed by atoms with Crippen LogP contribution < -0.4 is 5.32 Å². The Balaban J connectivity index is 1.98. The number of hydrogen-bond acceptors (Lipinski definition) is 4. The fraction of sp³-hybridized carbons (Fsp3) is 0.400. The maximum Gasteiger partial charge on any atom is 0.251 e. The molecular formula is C15H20N4O2. The van der Waals surface area contributed by atoms with Crippen LogP contribution in [0.2, 0.25) is 0 Å². The van der Waals surface area contributed by atoms with Crippen LogP contribution in [0.1, 0.15) is 30.6 Å². The maximum atomic E-state index is 12.1. The van der Waals surface area contributed by atoms with E-state index >= 15 is 0 Å². The molecule has 0 saturated heterocycles. The van der Waals surface area contributed by atoms with Crippen molar-refractivity contribution in [2.24, 2.45) is 5.92 Å². The van der Waals surface area contributed by atoms with Crippen LogP contribution in [0.15, 0.2) is 36.7 Å². The van der Waals surface area contributed by atoms with Crippen molar-refractivity contribution in [2.75, 3.05) is 6.54 Å². The molecule has 0 aliphatic carbocycles. The summed E-state index contributed by atoms with van der Waals surface area (Å²) in [6.45, 7) is 4.29. The van der Waals surface area contributed by atoms with Gasteiger partial charge in [0, 0.05) is 12.1 Å². The van der Waals surface area contributed by atoms with Gasteiger partial charge in [0.1, 0.15) is 0 Å². The molecule has 112 valence electrons. The highest BCUT2D eigenvalue weighted by molar-refractivity contribution is 5.94. The van der Waals surface area contributed by atoms with Crippen LogP contribution in [0, 0.1) is 5.92 Å². The minimum Gasteiger partial charge on any atom is -0.393 e. The zero-order valence-corrected chi connectivity index (χ0v) is 12.2. The predicted octanol–water partition coefficient (Wildman–Crippen LogP) is 1.40. The van der Waals surface area contributed by atoms with Crippen molar-refractivity contribution in [3.05, 3.63) is 42.2 Å². The Kier molecular flexibility index (Phi) is 5.05. The monoisotopic (exact) mass is 288 g/mol. The second-order valence-corrected chi connectivity index (χ2v) is 5.30. The van der Waals surface area contributed by atoms with Crippen molar-refractivity contribution in [3.63, 3.8) is 0 Å². The second-order valence-electron chi connectivity index (χ2n) is 5.30. The largest absolute Gasteiger partial charge is 0.393 e. The van der Waals surface area contributed by atoms with Gasteiger partial charge in [0.05, 0.1) is 24.2 Å².